The van der Waals surface area contributed by atoms with Gasteiger partial charge in [-0.05, 0) is 42.0 Å². The van der Waals surface area contributed by atoms with E-state index in [1.807, 2.05) is 59.6 Å². The monoisotopic (exact) mass is 377 g/mol. The molecule has 0 aliphatic carbocycles. The highest BCUT2D eigenvalue weighted by molar-refractivity contribution is 5.94. The number of benzene rings is 1. The Balaban J connectivity index is 1.42. The Morgan fingerprint density at radius 3 is 2.61 bits per heavy atom. The van der Waals surface area contributed by atoms with E-state index in [0.29, 0.717) is 6.54 Å². The van der Waals surface area contributed by atoms with Gasteiger partial charge in [0.25, 0.3) is 5.91 Å². The van der Waals surface area contributed by atoms with Gasteiger partial charge in [0.15, 0.2) is 0 Å². The molecule has 0 radical (unpaired) electrons. The molecule has 1 fully saturated rings. The Kier molecular flexibility index (Phi) is 4.20. The maximum absolute atomic E-state index is 13.2. The van der Waals surface area contributed by atoms with E-state index in [1.54, 1.807) is 13.4 Å². The summed E-state index contributed by atoms with van der Waals surface area (Å²) in [5.41, 5.74) is 1.88. The molecule has 28 heavy (non-hydrogen) atoms. The summed E-state index contributed by atoms with van der Waals surface area (Å²) in [5, 5.41) is 0. The molecule has 3 aromatic rings. The van der Waals surface area contributed by atoms with Crippen LogP contribution in [-0.2, 0) is 13.1 Å². The molecular formula is C22H23N3O3. The molecule has 5 rings (SSSR count). The molecule has 1 saturated heterocycles. The van der Waals surface area contributed by atoms with E-state index in [-0.39, 0.29) is 18.0 Å². The molecule has 6 heteroatoms. The summed E-state index contributed by atoms with van der Waals surface area (Å²) in [6, 6.07) is 16.2. The first-order valence-electron chi connectivity index (χ1n) is 9.58. The summed E-state index contributed by atoms with van der Waals surface area (Å²) in [5.74, 6) is 1.88. The molecule has 0 unspecified atom stereocenters. The molecule has 144 valence electrons. The number of ether oxygens (including phenoxy) is 1. The van der Waals surface area contributed by atoms with Crippen LogP contribution < -0.4 is 4.74 Å². The molecular weight excluding hydrogens is 354 g/mol. The van der Waals surface area contributed by atoms with E-state index >= 15 is 0 Å². The number of nitrogens with zero attached hydrogens (tertiary/aromatic N) is 3. The molecule has 1 aromatic carbocycles. The molecule has 6 nitrogen and oxygen atoms in total. The summed E-state index contributed by atoms with van der Waals surface area (Å²) in [4.78, 5) is 17.6. The first kappa shape index (κ1) is 17.1. The van der Waals surface area contributed by atoms with Crippen molar-refractivity contribution >= 4 is 5.91 Å². The van der Waals surface area contributed by atoms with Crippen LogP contribution in [0.5, 0.6) is 5.75 Å². The van der Waals surface area contributed by atoms with Gasteiger partial charge in [-0.15, -0.1) is 0 Å². The second kappa shape index (κ2) is 6.87. The fraction of sp³-hybridized carbons (Fsp3) is 0.318. The SMILES string of the molecule is COc1ccc(CN2C(=O)c3cccn3[C@H]3CN(Cc4ccco4)C[C@@H]32)cc1. The second-order valence-corrected chi connectivity index (χ2v) is 7.49. The van der Waals surface area contributed by atoms with Crippen LogP contribution in [0.2, 0.25) is 0 Å². The second-order valence-electron chi connectivity index (χ2n) is 7.49. The molecule has 0 N–H and O–H groups in total. The van der Waals surface area contributed by atoms with Crippen molar-refractivity contribution in [3.63, 3.8) is 0 Å². The predicted molar refractivity (Wildman–Crippen MR) is 104 cm³/mol. The van der Waals surface area contributed by atoms with Crippen molar-refractivity contribution in [3.8, 4) is 5.75 Å². The van der Waals surface area contributed by atoms with Crippen molar-refractivity contribution in [2.75, 3.05) is 20.2 Å². The van der Waals surface area contributed by atoms with Gasteiger partial charge >= 0.3 is 0 Å². The van der Waals surface area contributed by atoms with Crippen molar-refractivity contribution < 1.29 is 13.9 Å². The third-order valence-electron chi connectivity index (χ3n) is 5.82. The highest BCUT2D eigenvalue weighted by atomic mass is 16.5. The summed E-state index contributed by atoms with van der Waals surface area (Å²) < 4.78 is 12.9. The van der Waals surface area contributed by atoms with Gasteiger partial charge in [0.1, 0.15) is 17.2 Å². The van der Waals surface area contributed by atoms with Crippen molar-refractivity contribution in [3.05, 3.63) is 78.0 Å². The van der Waals surface area contributed by atoms with Gasteiger partial charge in [0.2, 0.25) is 0 Å². The largest absolute Gasteiger partial charge is 0.497 e. The predicted octanol–water partition coefficient (Wildman–Crippen LogP) is 3.17. The van der Waals surface area contributed by atoms with Gasteiger partial charge < -0.3 is 18.6 Å². The minimum Gasteiger partial charge on any atom is -0.497 e. The minimum atomic E-state index is 0.0990. The molecule has 0 spiro atoms. The first-order chi connectivity index (χ1) is 13.7. The number of amides is 1. The standard InChI is InChI=1S/C22H23N3O3/c1-27-17-8-6-16(7-9-17)12-25-21-15-23(13-18-4-3-11-28-18)14-20(21)24-10-2-5-19(24)22(25)26/h2-11,20-21H,12-15H2,1H3/t20-,21-/m0/s1. The van der Waals surface area contributed by atoms with Crippen LogP contribution in [0.1, 0.15) is 27.9 Å². The lowest BCUT2D eigenvalue weighted by atomic mass is 10.0. The maximum atomic E-state index is 13.2. The highest BCUT2D eigenvalue weighted by Gasteiger charge is 2.44. The van der Waals surface area contributed by atoms with Crippen LogP contribution in [0.25, 0.3) is 0 Å². The Morgan fingerprint density at radius 2 is 1.86 bits per heavy atom. The fourth-order valence-corrected chi connectivity index (χ4v) is 4.46. The van der Waals surface area contributed by atoms with Gasteiger partial charge in [-0.2, -0.15) is 0 Å². The summed E-state index contributed by atoms with van der Waals surface area (Å²) in [6.07, 6.45) is 3.74. The molecule has 0 bridgehead atoms. The molecule has 2 aromatic heterocycles. The number of likely N-dealkylation sites (tertiary alicyclic amines) is 1. The smallest absolute Gasteiger partial charge is 0.271 e. The molecule has 4 heterocycles. The average Bonchev–Trinajstić information content (AvgIpc) is 3.46. The van der Waals surface area contributed by atoms with E-state index in [9.17, 15) is 4.79 Å². The van der Waals surface area contributed by atoms with E-state index in [1.165, 1.54) is 0 Å². The van der Waals surface area contributed by atoms with E-state index < -0.39 is 0 Å². The number of rotatable bonds is 5. The average molecular weight is 377 g/mol. The quantitative estimate of drug-likeness (QED) is 0.685. The zero-order valence-corrected chi connectivity index (χ0v) is 15.8. The van der Waals surface area contributed by atoms with Crippen LogP contribution in [0.3, 0.4) is 0 Å². The van der Waals surface area contributed by atoms with E-state index in [4.69, 9.17) is 9.15 Å². The lowest BCUT2D eigenvalue weighted by Gasteiger charge is -2.38. The van der Waals surface area contributed by atoms with Crippen molar-refractivity contribution in [1.29, 1.82) is 0 Å². The summed E-state index contributed by atoms with van der Waals surface area (Å²) in [6.45, 7) is 3.11. The Labute approximate surface area is 163 Å². The number of aromatic nitrogens is 1. The van der Waals surface area contributed by atoms with Crippen LogP contribution in [0.15, 0.2) is 65.4 Å². The van der Waals surface area contributed by atoms with Gasteiger partial charge in [-0.3, -0.25) is 9.69 Å². The first-order valence-corrected chi connectivity index (χ1v) is 9.58. The lowest BCUT2D eigenvalue weighted by molar-refractivity contribution is 0.0556. The van der Waals surface area contributed by atoms with Gasteiger partial charge in [-0.1, -0.05) is 12.1 Å². The third-order valence-corrected chi connectivity index (χ3v) is 5.82. The number of methoxy groups -OCH3 is 1. The van der Waals surface area contributed by atoms with Crippen LogP contribution in [-0.4, -0.2) is 46.5 Å². The maximum Gasteiger partial charge on any atom is 0.271 e. The minimum absolute atomic E-state index is 0.0990. The van der Waals surface area contributed by atoms with Crippen LogP contribution >= 0.6 is 0 Å². The molecule has 0 saturated carbocycles. The summed E-state index contributed by atoms with van der Waals surface area (Å²) in [7, 11) is 1.66. The van der Waals surface area contributed by atoms with E-state index in [0.717, 1.165) is 42.4 Å². The molecule has 2 atom stereocenters. The lowest BCUT2D eigenvalue weighted by Crippen LogP contribution is -2.49. The highest BCUT2D eigenvalue weighted by Crippen LogP contribution is 2.35. The summed E-state index contributed by atoms with van der Waals surface area (Å²) >= 11 is 0. The Bertz CT molecular complexity index is 961. The van der Waals surface area contributed by atoms with Crippen molar-refractivity contribution in [2.24, 2.45) is 0 Å². The van der Waals surface area contributed by atoms with Gasteiger partial charge in [0.05, 0.1) is 32.0 Å². The number of fused-ring (bicyclic) bond motifs is 3. The molecule has 1 amide bonds. The number of furan rings is 1. The van der Waals surface area contributed by atoms with Crippen LogP contribution in [0.4, 0.5) is 0 Å². The van der Waals surface area contributed by atoms with Crippen molar-refractivity contribution in [2.45, 2.75) is 25.2 Å². The van der Waals surface area contributed by atoms with E-state index in [2.05, 4.69) is 9.47 Å². The number of carbonyl (C=O) groups excluding carboxylic acids is 1. The number of hydrogen-bond donors (Lipinski definition) is 0. The topological polar surface area (TPSA) is 50.9 Å². The molecule has 2 aliphatic heterocycles. The van der Waals surface area contributed by atoms with Gasteiger partial charge in [0, 0.05) is 25.8 Å². The van der Waals surface area contributed by atoms with Gasteiger partial charge in [-0.25, -0.2) is 0 Å². The zero-order chi connectivity index (χ0) is 19.1. The molecule has 2 aliphatic rings. The third kappa shape index (κ3) is 2.90. The van der Waals surface area contributed by atoms with Crippen molar-refractivity contribution in [1.82, 2.24) is 14.4 Å². The van der Waals surface area contributed by atoms with Crippen LogP contribution in [0, 0.1) is 0 Å². The fourth-order valence-electron chi connectivity index (χ4n) is 4.46. The normalized spacial score (nSPS) is 21.6. The number of hydrogen-bond acceptors (Lipinski definition) is 4. The number of carbonyl (C=O) groups is 1. The Morgan fingerprint density at radius 1 is 1.04 bits per heavy atom. The zero-order valence-electron chi connectivity index (χ0n) is 15.8. The Hall–Kier alpha value is -2.99.